The summed E-state index contributed by atoms with van der Waals surface area (Å²) in [5.74, 6) is 0. The number of para-hydroxylation sites is 1. The normalized spacial score (nSPS) is 13.3. The van der Waals surface area contributed by atoms with Crippen LogP contribution in [-0.4, -0.2) is 0 Å². The highest BCUT2D eigenvalue weighted by Gasteiger charge is 2.22. The van der Waals surface area contributed by atoms with Gasteiger partial charge < -0.3 is 4.42 Å². The molecule has 0 aliphatic heterocycles. The van der Waals surface area contributed by atoms with Gasteiger partial charge in [-0.25, -0.2) is 0 Å². The van der Waals surface area contributed by atoms with Crippen LogP contribution in [0.3, 0.4) is 0 Å². The minimum atomic E-state index is -0.416. The van der Waals surface area contributed by atoms with Crippen molar-refractivity contribution < 1.29 is 11.3 Å². The summed E-state index contributed by atoms with van der Waals surface area (Å²) in [5, 5.41) is 10.7. The van der Waals surface area contributed by atoms with Gasteiger partial charge in [-0.15, -0.1) is 0 Å². The Morgan fingerprint density at radius 1 is 0.383 bits per heavy atom. The maximum atomic E-state index is 8.85. The summed E-state index contributed by atoms with van der Waals surface area (Å²) >= 11 is 0. The van der Waals surface area contributed by atoms with Crippen molar-refractivity contribution in [2.24, 2.45) is 0 Å². The lowest BCUT2D eigenvalue weighted by Gasteiger charge is -2.19. The topological polar surface area (TPSA) is 13.1 Å². The maximum Gasteiger partial charge on any atom is 0.143 e. The zero-order valence-corrected chi connectivity index (χ0v) is 25.2. The van der Waals surface area contributed by atoms with Crippen LogP contribution in [0, 0.1) is 0 Å². The third-order valence-corrected chi connectivity index (χ3v) is 9.55. The van der Waals surface area contributed by atoms with Gasteiger partial charge in [0.2, 0.25) is 0 Å². The summed E-state index contributed by atoms with van der Waals surface area (Å²) in [6, 6.07) is 46.5. The number of rotatable bonds is 3. The lowest BCUT2D eigenvalue weighted by molar-refractivity contribution is 0.670. The molecule has 218 valence electrons. The molecule has 0 radical (unpaired) electrons. The predicted molar refractivity (Wildman–Crippen MR) is 200 cm³/mol. The molecule has 0 fully saturated rings. The summed E-state index contributed by atoms with van der Waals surface area (Å²) in [7, 11) is 0. The van der Waals surface area contributed by atoms with Crippen molar-refractivity contribution in [2.45, 2.75) is 0 Å². The van der Waals surface area contributed by atoms with E-state index in [4.69, 9.17) is 11.3 Å². The number of hydrogen-bond donors (Lipinski definition) is 0. The highest BCUT2D eigenvalue weighted by atomic mass is 16.3. The molecular weight excluding hydrogens is 569 g/mol. The van der Waals surface area contributed by atoms with Crippen LogP contribution in [0.5, 0.6) is 0 Å². The Kier molecular flexibility index (Phi) is 4.66. The molecule has 0 N–H and O–H groups in total. The molecule has 0 spiro atoms. The van der Waals surface area contributed by atoms with Crippen LogP contribution in [0.4, 0.5) is 0 Å². The van der Waals surface area contributed by atoms with E-state index >= 15 is 0 Å². The molecule has 0 amide bonds. The van der Waals surface area contributed by atoms with E-state index in [1.807, 2.05) is 36.4 Å². The first kappa shape index (κ1) is 21.5. The van der Waals surface area contributed by atoms with E-state index in [1.165, 1.54) is 21.5 Å². The van der Waals surface area contributed by atoms with Crippen LogP contribution in [0.1, 0.15) is 6.85 Å². The smallest absolute Gasteiger partial charge is 0.143 e. The molecule has 10 aromatic rings. The average molecular weight is 602 g/mol. The molecule has 1 heteroatoms. The SMILES string of the molecule is [2H]c1c([2H])c([2H])c(-c2ccc(-c3c4ccccc4c(-c4cccc5c4ccc4ccccc45)c4ccccc34)c3oc4ccccc4c23)c([2H])c1[2H]. The first-order valence-corrected chi connectivity index (χ1v) is 15.8. The van der Waals surface area contributed by atoms with E-state index in [2.05, 4.69) is 103 Å². The number of hydrogen-bond acceptors (Lipinski definition) is 1. The fraction of sp³-hybridized carbons (Fsp3) is 0. The van der Waals surface area contributed by atoms with Crippen LogP contribution in [-0.2, 0) is 0 Å². The largest absolute Gasteiger partial charge is 0.455 e. The van der Waals surface area contributed by atoms with E-state index in [0.29, 0.717) is 22.1 Å². The predicted octanol–water partition coefficient (Wildman–Crippen LogP) is 13.2. The highest BCUT2D eigenvalue weighted by molar-refractivity contribution is 6.27. The Bertz CT molecular complexity index is 3050. The van der Waals surface area contributed by atoms with Gasteiger partial charge in [0.05, 0.1) is 6.85 Å². The Morgan fingerprint density at radius 2 is 0.957 bits per heavy atom. The quantitative estimate of drug-likeness (QED) is 0.145. The fourth-order valence-corrected chi connectivity index (χ4v) is 7.59. The van der Waals surface area contributed by atoms with Crippen LogP contribution < -0.4 is 0 Å². The van der Waals surface area contributed by atoms with Crippen LogP contribution >= 0.6 is 0 Å². The molecule has 0 atom stereocenters. The Labute approximate surface area is 279 Å². The molecule has 10 rings (SSSR count). The van der Waals surface area contributed by atoms with E-state index < -0.39 is 6.04 Å². The number of furan rings is 1. The monoisotopic (exact) mass is 601 g/mol. The van der Waals surface area contributed by atoms with Crippen molar-refractivity contribution in [1.82, 2.24) is 0 Å². The van der Waals surface area contributed by atoms with Gasteiger partial charge in [0.1, 0.15) is 11.2 Å². The molecule has 47 heavy (non-hydrogen) atoms. The van der Waals surface area contributed by atoms with Crippen LogP contribution in [0.15, 0.2) is 174 Å². The van der Waals surface area contributed by atoms with Gasteiger partial charge in [-0.3, -0.25) is 0 Å². The molecule has 0 saturated heterocycles. The Hall–Kier alpha value is -6.18. The minimum Gasteiger partial charge on any atom is -0.455 e. The second-order valence-corrected chi connectivity index (χ2v) is 12.0. The molecule has 1 aromatic heterocycles. The molecule has 0 saturated carbocycles. The Balaban J connectivity index is 1.34. The van der Waals surface area contributed by atoms with Crippen LogP contribution in [0.2, 0.25) is 0 Å². The number of fused-ring (bicyclic) bond motifs is 8. The summed E-state index contributed by atoms with van der Waals surface area (Å²) in [5.41, 5.74) is 6.15. The molecule has 0 aliphatic carbocycles. The van der Waals surface area contributed by atoms with E-state index in [9.17, 15) is 0 Å². The molecule has 1 heterocycles. The first-order valence-electron chi connectivity index (χ1n) is 18.3. The second kappa shape index (κ2) is 10.2. The van der Waals surface area contributed by atoms with Crippen molar-refractivity contribution in [3.63, 3.8) is 0 Å². The zero-order chi connectivity index (χ0) is 35.2. The van der Waals surface area contributed by atoms with Gasteiger partial charge in [-0.05, 0) is 77.5 Å². The lowest BCUT2D eigenvalue weighted by atomic mass is 9.83. The van der Waals surface area contributed by atoms with Crippen molar-refractivity contribution in [1.29, 1.82) is 0 Å². The van der Waals surface area contributed by atoms with Gasteiger partial charge in [-0.2, -0.15) is 0 Å². The summed E-state index contributed by atoms with van der Waals surface area (Å²) in [6.07, 6.45) is 0. The molecule has 1 nitrogen and oxygen atoms in total. The molecule has 0 bridgehead atoms. The highest BCUT2D eigenvalue weighted by Crippen LogP contribution is 2.49. The van der Waals surface area contributed by atoms with Crippen molar-refractivity contribution in [3.05, 3.63) is 170 Å². The van der Waals surface area contributed by atoms with Gasteiger partial charge in [0, 0.05) is 21.9 Å². The van der Waals surface area contributed by atoms with Gasteiger partial charge in [-0.1, -0.05) is 158 Å². The van der Waals surface area contributed by atoms with E-state index in [-0.39, 0.29) is 29.7 Å². The third-order valence-electron chi connectivity index (χ3n) is 9.55. The van der Waals surface area contributed by atoms with Crippen LogP contribution in [0.25, 0.3) is 98.4 Å². The molecule has 0 aliphatic rings. The van der Waals surface area contributed by atoms with Gasteiger partial charge in [0.25, 0.3) is 0 Å². The maximum absolute atomic E-state index is 8.85. The van der Waals surface area contributed by atoms with E-state index in [1.54, 1.807) is 0 Å². The zero-order valence-electron chi connectivity index (χ0n) is 30.2. The second-order valence-electron chi connectivity index (χ2n) is 12.0. The Morgan fingerprint density at radius 3 is 1.68 bits per heavy atom. The molecule has 9 aromatic carbocycles. The van der Waals surface area contributed by atoms with Crippen molar-refractivity contribution in [2.75, 3.05) is 0 Å². The minimum absolute atomic E-state index is 0.155. The van der Waals surface area contributed by atoms with Gasteiger partial charge >= 0.3 is 0 Å². The third kappa shape index (κ3) is 3.84. The molecule has 0 unspecified atom stereocenters. The summed E-state index contributed by atoms with van der Waals surface area (Å²) in [4.78, 5) is 0. The van der Waals surface area contributed by atoms with Crippen molar-refractivity contribution >= 4 is 65.0 Å². The van der Waals surface area contributed by atoms with Crippen molar-refractivity contribution in [3.8, 4) is 33.4 Å². The summed E-state index contributed by atoms with van der Waals surface area (Å²) < 4.78 is 49.5. The van der Waals surface area contributed by atoms with Gasteiger partial charge in [0.15, 0.2) is 0 Å². The van der Waals surface area contributed by atoms with E-state index in [0.717, 1.165) is 49.2 Å². The first-order chi connectivity index (χ1) is 25.4. The summed E-state index contributed by atoms with van der Waals surface area (Å²) in [6.45, 7) is 0. The average Bonchev–Trinajstić information content (AvgIpc) is 3.58. The standard InChI is InChI=1S/C46H28O/c1-2-13-29(14-3-1)32-27-28-41(46-45(32)40-21-10-11-24-42(40)47-46)44-38-19-8-6-17-36(38)43(37-18-7-9-20-39(37)44)35-23-12-22-33-31-16-5-4-15-30(31)25-26-34(33)35/h1-28H/i1D,2D,3D,13D,14D. The fourth-order valence-electron chi connectivity index (χ4n) is 7.59. The lowest BCUT2D eigenvalue weighted by Crippen LogP contribution is -1.92. The number of benzene rings is 9. The molecular formula is C46H28O.